The third kappa shape index (κ3) is 1.92. The highest BCUT2D eigenvalue weighted by Crippen LogP contribution is 2.40. The number of hydrogen-bond acceptors (Lipinski definition) is 2. The van der Waals surface area contributed by atoms with Crippen molar-refractivity contribution in [3.8, 4) is 11.1 Å². The lowest BCUT2D eigenvalue weighted by molar-refractivity contribution is 0.0525. The van der Waals surface area contributed by atoms with E-state index in [9.17, 15) is 4.79 Å². The number of carbonyl (C=O) groups excluding carboxylic acids is 1. The predicted octanol–water partition coefficient (Wildman–Crippen LogP) is 4.09. The van der Waals surface area contributed by atoms with Crippen molar-refractivity contribution in [2.75, 3.05) is 6.61 Å². The lowest BCUT2D eigenvalue weighted by Gasteiger charge is -2.09. The van der Waals surface area contributed by atoms with Crippen molar-refractivity contribution in [1.29, 1.82) is 0 Å². The van der Waals surface area contributed by atoms with Crippen molar-refractivity contribution in [2.24, 2.45) is 0 Å². The summed E-state index contributed by atoms with van der Waals surface area (Å²) in [4.78, 5) is 12.1. The van der Waals surface area contributed by atoms with E-state index in [1.807, 2.05) is 18.2 Å². The topological polar surface area (TPSA) is 26.3 Å². The van der Waals surface area contributed by atoms with Gasteiger partial charge in [0.05, 0.1) is 17.2 Å². The summed E-state index contributed by atoms with van der Waals surface area (Å²) in [5, 5.41) is 0.463. The van der Waals surface area contributed by atoms with Crippen LogP contribution in [-0.4, -0.2) is 12.6 Å². The van der Waals surface area contributed by atoms with Crippen LogP contribution in [0.2, 0.25) is 5.02 Å². The summed E-state index contributed by atoms with van der Waals surface area (Å²) in [6.45, 7) is 2.15. The molecule has 0 saturated heterocycles. The first-order valence-electron chi connectivity index (χ1n) is 6.29. The lowest BCUT2D eigenvalue weighted by Crippen LogP contribution is -2.08. The van der Waals surface area contributed by atoms with Crippen molar-refractivity contribution in [3.63, 3.8) is 0 Å². The fraction of sp³-hybridized carbons (Fsp3) is 0.188. The summed E-state index contributed by atoms with van der Waals surface area (Å²) >= 11 is 6.18. The van der Waals surface area contributed by atoms with Gasteiger partial charge < -0.3 is 4.74 Å². The van der Waals surface area contributed by atoms with Crippen molar-refractivity contribution in [1.82, 2.24) is 0 Å². The van der Waals surface area contributed by atoms with Gasteiger partial charge in [-0.1, -0.05) is 41.9 Å². The molecule has 0 aliphatic heterocycles. The van der Waals surface area contributed by atoms with Gasteiger partial charge in [0.25, 0.3) is 0 Å². The molecule has 0 heterocycles. The van der Waals surface area contributed by atoms with E-state index in [4.69, 9.17) is 16.3 Å². The van der Waals surface area contributed by atoms with E-state index in [1.165, 1.54) is 11.1 Å². The minimum absolute atomic E-state index is 0.336. The Kier molecular flexibility index (Phi) is 3.03. The average molecular weight is 273 g/mol. The van der Waals surface area contributed by atoms with E-state index in [0.717, 1.165) is 17.5 Å². The van der Waals surface area contributed by atoms with Crippen LogP contribution in [-0.2, 0) is 11.2 Å². The van der Waals surface area contributed by atoms with Gasteiger partial charge in [-0.25, -0.2) is 4.79 Å². The lowest BCUT2D eigenvalue weighted by atomic mass is 10.0. The Balaban J connectivity index is 2.17. The van der Waals surface area contributed by atoms with Crippen LogP contribution >= 0.6 is 11.6 Å². The van der Waals surface area contributed by atoms with Crippen LogP contribution in [0.5, 0.6) is 0 Å². The molecule has 19 heavy (non-hydrogen) atoms. The Morgan fingerprint density at radius 2 is 2.00 bits per heavy atom. The summed E-state index contributed by atoms with van der Waals surface area (Å²) in [7, 11) is 0. The number of hydrogen-bond donors (Lipinski definition) is 0. The second-order valence-corrected chi connectivity index (χ2v) is 4.91. The number of halogens is 1. The summed E-state index contributed by atoms with van der Waals surface area (Å²) in [5.74, 6) is -0.336. The van der Waals surface area contributed by atoms with Gasteiger partial charge >= 0.3 is 5.97 Å². The van der Waals surface area contributed by atoms with Crippen molar-refractivity contribution >= 4 is 17.6 Å². The molecule has 0 amide bonds. The number of carbonyl (C=O) groups is 1. The monoisotopic (exact) mass is 272 g/mol. The number of ether oxygens (including phenoxy) is 1. The first kappa shape index (κ1) is 12.2. The van der Waals surface area contributed by atoms with E-state index < -0.39 is 0 Å². The highest BCUT2D eigenvalue weighted by atomic mass is 35.5. The molecule has 0 saturated carbocycles. The van der Waals surface area contributed by atoms with Crippen LogP contribution in [0.25, 0.3) is 11.1 Å². The van der Waals surface area contributed by atoms with Gasteiger partial charge in [0, 0.05) is 0 Å². The van der Waals surface area contributed by atoms with E-state index >= 15 is 0 Å². The second kappa shape index (κ2) is 4.71. The Morgan fingerprint density at radius 3 is 2.79 bits per heavy atom. The molecular formula is C16H13ClO2. The SMILES string of the molecule is CCOC(=O)c1c(Cl)ccc2c1Cc1ccccc1-2. The van der Waals surface area contributed by atoms with Crippen LogP contribution < -0.4 is 0 Å². The third-order valence-electron chi connectivity index (χ3n) is 3.42. The summed E-state index contributed by atoms with van der Waals surface area (Å²) in [6.07, 6.45) is 0.736. The van der Waals surface area contributed by atoms with Gasteiger partial charge in [-0.3, -0.25) is 0 Å². The first-order chi connectivity index (χ1) is 9.22. The molecule has 2 aromatic carbocycles. The molecule has 3 rings (SSSR count). The fourth-order valence-corrected chi connectivity index (χ4v) is 2.86. The van der Waals surface area contributed by atoms with Gasteiger partial charge in [0.2, 0.25) is 0 Å². The van der Waals surface area contributed by atoms with Crippen molar-refractivity contribution in [3.05, 3.63) is 58.1 Å². The third-order valence-corrected chi connectivity index (χ3v) is 3.73. The minimum atomic E-state index is -0.336. The van der Waals surface area contributed by atoms with Gasteiger partial charge in [0.15, 0.2) is 0 Å². The molecule has 0 aromatic heterocycles. The minimum Gasteiger partial charge on any atom is -0.462 e. The van der Waals surface area contributed by atoms with E-state index in [2.05, 4.69) is 12.1 Å². The van der Waals surface area contributed by atoms with Gasteiger partial charge in [-0.15, -0.1) is 0 Å². The normalized spacial score (nSPS) is 11.9. The van der Waals surface area contributed by atoms with Crippen LogP contribution in [0.15, 0.2) is 36.4 Å². The molecule has 1 aliphatic rings. The molecule has 96 valence electrons. The Morgan fingerprint density at radius 1 is 1.21 bits per heavy atom. The Bertz CT molecular complexity index is 662. The van der Waals surface area contributed by atoms with Crippen LogP contribution in [0.1, 0.15) is 28.4 Å². The summed E-state index contributed by atoms with van der Waals surface area (Å²) in [5.41, 5.74) is 4.98. The molecule has 0 fully saturated rings. The second-order valence-electron chi connectivity index (χ2n) is 4.50. The molecule has 1 aliphatic carbocycles. The predicted molar refractivity (Wildman–Crippen MR) is 75.7 cm³/mol. The summed E-state index contributed by atoms with van der Waals surface area (Å²) < 4.78 is 5.11. The largest absolute Gasteiger partial charge is 0.462 e. The molecule has 0 spiro atoms. The zero-order chi connectivity index (χ0) is 13.4. The van der Waals surface area contributed by atoms with E-state index in [0.29, 0.717) is 17.2 Å². The number of benzene rings is 2. The van der Waals surface area contributed by atoms with Gasteiger partial charge in [0.1, 0.15) is 0 Å². The fourth-order valence-electron chi connectivity index (χ4n) is 2.61. The Hall–Kier alpha value is -1.80. The molecule has 0 atom stereocenters. The number of fused-ring (bicyclic) bond motifs is 3. The maximum absolute atomic E-state index is 12.1. The highest BCUT2D eigenvalue weighted by Gasteiger charge is 2.26. The molecule has 2 aromatic rings. The van der Waals surface area contributed by atoms with Crippen molar-refractivity contribution < 1.29 is 9.53 Å². The van der Waals surface area contributed by atoms with Gasteiger partial charge in [-0.05, 0) is 41.7 Å². The van der Waals surface area contributed by atoms with E-state index in [-0.39, 0.29) is 5.97 Å². The standard InChI is InChI=1S/C16H13ClO2/c1-2-19-16(18)15-13-9-10-5-3-4-6-11(10)12(13)7-8-14(15)17/h3-8H,2,9H2,1H3. The zero-order valence-corrected chi connectivity index (χ0v) is 11.3. The van der Waals surface area contributed by atoms with Crippen LogP contribution in [0.4, 0.5) is 0 Å². The molecule has 3 heteroatoms. The van der Waals surface area contributed by atoms with Gasteiger partial charge in [-0.2, -0.15) is 0 Å². The summed E-state index contributed by atoms with van der Waals surface area (Å²) in [6, 6.07) is 11.9. The maximum Gasteiger partial charge on any atom is 0.339 e. The molecule has 2 nitrogen and oxygen atoms in total. The van der Waals surface area contributed by atoms with E-state index in [1.54, 1.807) is 13.0 Å². The van der Waals surface area contributed by atoms with Crippen molar-refractivity contribution in [2.45, 2.75) is 13.3 Å². The quantitative estimate of drug-likeness (QED) is 0.657. The average Bonchev–Trinajstić information content (AvgIpc) is 2.76. The zero-order valence-electron chi connectivity index (χ0n) is 10.6. The Labute approximate surface area is 117 Å². The molecule has 0 N–H and O–H groups in total. The number of rotatable bonds is 2. The molecule has 0 unspecified atom stereocenters. The van der Waals surface area contributed by atoms with Crippen LogP contribution in [0, 0.1) is 0 Å². The molecule has 0 radical (unpaired) electrons. The maximum atomic E-state index is 12.1. The smallest absolute Gasteiger partial charge is 0.339 e. The first-order valence-corrected chi connectivity index (χ1v) is 6.67. The highest BCUT2D eigenvalue weighted by molar-refractivity contribution is 6.34. The molecular weight excluding hydrogens is 260 g/mol. The van der Waals surface area contributed by atoms with Crippen LogP contribution in [0.3, 0.4) is 0 Å². The number of esters is 1. The molecule has 0 bridgehead atoms.